The van der Waals surface area contributed by atoms with E-state index in [0.29, 0.717) is 0 Å². The van der Waals surface area contributed by atoms with E-state index in [1.165, 1.54) is 17.9 Å². The number of hydrogen-bond acceptors (Lipinski definition) is 2. The van der Waals surface area contributed by atoms with Gasteiger partial charge in [0, 0.05) is 10.3 Å². The molecule has 0 saturated carbocycles. The van der Waals surface area contributed by atoms with Crippen molar-refractivity contribution in [3.05, 3.63) is 35.4 Å². The van der Waals surface area contributed by atoms with E-state index in [0.717, 1.165) is 5.25 Å². The Bertz CT molecular complexity index is 258. The summed E-state index contributed by atoms with van der Waals surface area (Å²) in [5.74, 6) is 0. The Hall–Kier alpha value is -0.0800. The summed E-state index contributed by atoms with van der Waals surface area (Å²) >= 11 is 4.03. The second-order valence-corrected chi connectivity index (χ2v) is 5.89. The van der Waals surface area contributed by atoms with Crippen molar-refractivity contribution in [1.29, 1.82) is 0 Å². The highest BCUT2D eigenvalue weighted by Crippen LogP contribution is 2.30. The van der Waals surface area contributed by atoms with Crippen LogP contribution in [0.5, 0.6) is 0 Å². The highest BCUT2D eigenvalue weighted by molar-refractivity contribution is 8.15. The molecule has 0 atom stereocenters. The van der Waals surface area contributed by atoms with Crippen LogP contribution in [0.2, 0.25) is 0 Å². The average molecular weight is 210 g/mol. The van der Waals surface area contributed by atoms with E-state index in [1.807, 2.05) is 11.8 Å². The Kier molecular flexibility index (Phi) is 3.23. The van der Waals surface area contributed by atoms with E-state index in [-0.39, 0.29) is 0 Å². The number of fused-ring (bicyclic) bond motifs is 1. The summed E-state index contributed by atoms with van der Waals surface area (Å²) in [5.41, 5.74) is 3.14. The Balaban J connectivity index is 1.97. The number of thioether (sulfide) groups is 2. The van der Waals surface area contributed by atoms with Crippen LogP contribution in [0.25, 0.3) is 0 Å². The van der Waals surface area contributed by atoms with Gasteiger partial charge >= 0.3 is 0 Å². The van der Waals surface area contributed by atoms with Crippen molar-refractivity contribution in [3.63, 3.8) is 0 Å². The number of benzene rings is 1. The second kappa shape index (κ2) is 4.43. The van der Waals surface area contributed by atoms with Crippen molar-refractivity contribution >= 4 is 23.5 Å². The minimum absolute atomic E-state index is 0.838. The molecular formula is C11H14S2. The maximum atomic E-state index is 2.27. The molecule has 0 aromatic heterocycles. The predicted molar refractivity (Wildman–Crippen MR) is 63.6 cm³/mol. The fourth-order valence-electron chi connectivity index (χ4n) is 1.80. The molecule has 1 aliphatic carbocycles. The lowest BCUT2D eigenvalue weighted by Gasteiger charge is -2.05. The van der Waals surface area contributed by atoms with Gasteiger partial charge in [0.25, 0.3) is 0 Å². The van der Waals surface area contributed by atoms with E-state index in [4.69, 9.17) is 0 Å². The molecule has 0 aliphatic heterocycles. The smallest absolute Gasteiger partial charge is 0.0392 e. The molecule has 0 nitrogen and oxygen atoms in total. The largest absolute Gasteiger partial charge is 0.154 e. The van der Waals surface area contributed by atoms with E-state index in [9.17, 15) is 0 Å². The first kappa shape index (κ1) is 9.47. The van der Waals surface area contributed by atoms with Crippen LogP contribution >= 0.6 is 23.5 Å². The fraction of sp³-hybridized carbons (Fsp3) is 0.455. The molecule has 0 radical (unpaired) electrons. The van der Waals surface area contributed by atoms with Crippen LogP contribution in [0.1, 0.15) is 11.1 Å². The molecule has 0 amide bonds. The summed E-state index contributed by atoms with van der Waals surface area (Å²) in [5, 5.41) is 2.07. The molecule has 0 saturated heterocycles. The standard InChI is InChI=1S/C11H14S2/c1-12-8-13-11-6-9-4-2-3-5-10(9)7-11/h2-5,11H,6-8H2,1H3. The SMILES string of the molecule is CSCSC1Cc2ccccc2C1. The molecule has 0 bridgehead atoms. The minimum Gasteiger partial charge on any atom is -0.154 e. The van der Waals surface area contributed by atoms with Crippen LogP contribution in [0.3, 0.4) is 0 Å². The zero-order valence-electron chi connectivity index (χ0n) is 7.82. The second-order valence-electron chi connectivity index (χ2n) is 3.37. The zero-order valence-corrected chi connectivity index (χ0v) is 9.46. The summed E-state index contributed by atoms with van der Waals surface area (Å²) in [7, 11) is 0. The third kappa shape index (κ3) is 2.23. The molecule has 1 aliphatic rings. The van der Waals surface area contributed by atoms with E-state index < -0.39 is 0 Å². The lowest BCUT2D eigenvalue weighted by molar-refractivity contribution is 0.937. The Morgan fingerprint density at radius 3 is 2.38 bits per heavy atom. The highest BCUT2D eigenvalue weighted by Gasteiger charge is 2.20. The van der Waals surface area contributed by atoms with Crippen molar-refractivity contribution < 1.29 is 0 Å². The van der Waals surface area contributed by atoms with Crippen LogP contribution in [0.15, 0.2) is 24.3 Å². The van der Waals surface area contributed by atoms with Gasteiger partial charge < -0.3 is 0 Å². The normalized spacial score (nSPS) is 16.1. The van der Waals surface area contributed by atoms with E-state index in [2.05, 4.69) is 42.3 Å². The molecule has 1 aromatic carbocycles. The molecule has 2 heteroatoms. The van der Waals surface area contributed by atoms with Gasteiger partial charge in [0.05, 0.1) is 0 Å². The van der Waals surface area contributed by atoms with Crippen molar-refractivity contribution in [2.75, 3.05) is 11.3 Å². The van der Waals surface area contributed by atoms with Crippen LogP contribution in [0.4, 0.5) is 0 Å². The van der Waals surface area contributed by atoms with Gasteiger partial charge in [0.15, 0.2) is 0 Å². The monoisotopic (exact) mass is 210 g/mol. The maximum Gasteiger partial charge on any atom is 0.0392 e. The lowest BCUT2D eigenvalue weighted by atomic mass is 10.1. The van der Waals surface area contributed by atoms with Crippen molar-refractivity contribution in [2.24, 2.45) is 0 Å². The van der Waals surface area contributed by atoms with Crippen LogP contribution < -0.4 is 0 Å². The first-order valence-corrected chi connectivity index (χ1v) is 7.01. The van der Waals surface area contributed by atoms with Gasteiger partial charge in [-0.15, -0.1) is 11.8 Å². The summed E-state index contributed by atoms with van der Waals surface area (Å²) in [6.45, 7) is 0. The van der Waals surface area contributed by atoms with Gasteiger partial charge in [0.1, 0.15) is 0 Å². The predicted octanol–water partition coefficient (Wildman–Crippen LogP) is 3.21. The first-order valence-electron chi connectivity index (χ1n) is 4.57. The molecule has 0 N–H and O–H groups in total. The topological polar surface area (TPSA) is 0 Å². The molecule has 2 rings (SSSR count). The van der Waals surface area contributed by atoms with Gasteiger partial charge in [-0.25, -0.2) is 0 Å². The Labute approximate surface area is 88.5 Å². The summed E-state index contributed by atoms with van der Waals surface area (Å²) in [6, 6.07) is 8.85. The van der Waals surface area contributed by atoms with Crippen LogP contribution in [0, 0.1) is 0 Å². The number of rotatable bonds is 3. The summed E-state index contributed by atoms with van der Waals surface area (Å²) in [6.07, 6.45) is 4.73. The summed E-state index contributed by atoms with van der Waals surface area (Å²) in [4.78, 5) is 0. The third-order valence-electron chi connectivity index (χ3n) is 2.44. The summed E-state index contributed by atoms with van der Waals surface area (Å²) < 4.78 is 0. The van der Waals surface area contributed by atoms with Gasteiger partial charge in [-0.1, -0.05) is 24.3 Å². The van der Waals surface area contributed by atoms with Crippen molar-refractivity contribution in [3.8, 4) is 0 Å². The molecule has 0 heterocycles. The average Bonchev–Trinajstić information content (AvgIpc) is 2.57. The molecule has 0 unspecified atom stereocenters. The fourth-order valence-corrected chi connectivity index (χ4v) is 3.71. The van der Waals surface area contributed by atoms with Gasteiger partial charge in [-0.05, 0) is 30.2 Å². The van der Waals surface area contributed by atoms with Crippen molar-refractivity contribution in [2.45, 2.75) is 18.1 Å². The lowest BCUT2D eigenvalue weighted by Crippen LogP contribution is -2.00. The van der Waals surface area contributed by atoms with Gasteiger partial charge in [0.2, 0.25) is 0 Å². The Morgan fingerprint density at radius 1 is 1.23 bits per heavy atom. The molecule has 1 aromatic rings. The molecule has 0 fully saturated rings. The van der Waals surface area contributed by atoms with Gasteiger partial charge in [-0.2, -0.15) is 11.8 Å². The quantitative estimate of drug-likeness (QED) is 0.703. The Morgan fingerprint density at radius 2 is 1.85 bits per heavy atom. The number of hydrogen-bond donors (Lipinski definition) is 0. The molecule has 13 heavy (non-hydrogen) atoms. The minimum atomic E-state index is 0.838. The van der Waals surface area contributed by atoms with Crippen LogP contribution in [-0.2, 0) is 12.8 Å². The molecule has 0 spiro atoms. The molecular weight excluding hydrogens is 196 g/mol. The van der Waals surface area contributed by atoms with Crippen molar-refractivity contribution in [1.82, 2.24) is 0 Å². The highest BCUT2D eigenvalue weighted by atomic mass is 32.2. The first-order chi connectivity index (χ1) is 6.40. The van der Waals surface area contributed by atoms with E-state index >= 15 is 0 Å². The maximum absolute atomic E-state index is 2.27. The zero-order chi connectivity index (χ0) is 9.10. The van der Waals surface area contributed by atoms with E-state index in [1.54, 1.807) is 11.1 Å². The third-order valence-corrected chi connectivity index (χ3v) is 4.73. The molecule has 70 valence electrons. The van der Waals surface area contributed by atoms with Gasteiger partial charge in [-0.3, -0.25) is 0 Å². The van der Waals surface area contributed by atoms with Crippen LogP contribution in [-0.4, -0.2) is 16.6 Å².